The van der Waals surface area contributed by atoms with E-state index in [1.54, 1.807) is 0 Å². The molecule has 1 aromatic carbocycles. The highest BCUT2D eigenvalue weighted by Gasteiger charge is 2.19. The Morgan fingerprint density at radius 2 is 2.21 bits per heavy atom. The average molecular weight is 321 g/mol. The summed E-state index contributed by atoms with van der Waals surface area (Å²) < 4.78 is 6.84. The van der Waals surface area contributed by atoms with Crippen molar-refractivity contribution in [2.45, 2.75) is 18.9 Å². The lowest BCUT2D eigenvalue weighted by molar-refractivity contribution is -0.123. The number of nitrogens with zero attached hydrogens (tertiary/aromatic N) is 1. The van der Waals surface area contributed by atoms with E-state index in [4.69, 9.17) is 4.74 Å². The number of piperidine rings is 1. The van der Waals surface area contributed by atoms with E-state index >= 15 is 0 Å². The first kappa shape index (κ1) is 12.4. The summed E-state index contributed by atoms with van der Waals surface area (Å²) in [4.78, 5) is 15.6. The van der Waals surface area contributed by atoms with Crippen LogP contribution in [0.5, 0.6) is 5.88 Å². The number of hydrogen-bond acceptors (Lipinski definition) is 3. The summed E-state index contributed by atoms with van der Waals surface area (Å²) in [6.07, 6.45) is 1.27. The topological polar surface area (TPSA) is 51.2 Å². The van der Waals surface area contributed by atoms with Gasteiger partial charge in [-0.1, -0.05) is 15.9 Å². The number of ether oxygens (including phenoxy) is 1. The molecule has 5 heteroatoms. The van der Waals surface area contributed by atoms with E-state index in [0.29, 0.717) is 18.8 Å². The normalized spacial score (nSPS) is 19.2. The summed E-state index contributed by atoms with van der Waals surface area (Å²) in [5, 5.41) is 3.87. The van der Waals surface area contributed by atoms with Crippen LogP contribution in [-0.2, 0) is 4.79 Å². The van der Waals surface area contributed by atoms with Crippen molar-refractivity contribution in [3.05, 3.63) is 34.8 Å². The lowest BCUT2D eigenvalue weighted by Crippen LogP contribution is -2.40. The van der Waals surface area contributed by atoms with Gasteiger partial charge in [0.1, 0.15) is 6.10 Å². The Bertz CT molecular complexity index is 620. The van der Waals surface area contributed by atoms with Crippen LogP contribution in [0.15, 0.2) is 34.8 Å². The van der Waals surface area contributed by atoms with Gasteiger partial charge in [0.05, 0.1) is 12.1 Å². The Balaban J connectivity index is 1.78. The zero-order valence-electron chi connectivity index (χ0n) is 10.2. The van der Waals surface area contributed by atoms with Gasteiger partial charge in [0.2, 0.25) is 11.8 Å². The lowest BCUT2D eigenvalue weighted by Gasteiger charge is -2.23. The quantitative estimate of drug-likeness (QED) is 0.925. The first-order valence-electron chi connectivity index (χ1n) is 6.20. The van der Waals surface area contributed by atoms with Crippen molar-refractivity contribution in [1.29, 1.82) is 0 Å². The maximum atomic E-state index is 11.1. The standard InChI is InChI=1S/C14H13BrN2O2/c15-10-2-4-12-9(7-10)1-6-14(17-12)19-11-3-5-13(18)16-8-11/h1-2,4,6-7,11H,3,5,8H2,(H,16,18)/t11-/m0/s1. The first-order chi connectivity index (χ1) is 9.20. The van der Waals surface area contributed by atoms with Crippen molar-refractivity contribution in [2.24, 2.45) is 0 Å². The predicted molar refractivity (Wildman–Crippen MR) is 76.1 cm³/mol. The van der Waals surface area contributed by atoms with Gasteiger partial charge in [-0.2, -0.15) is 0 Å². The number of hydrogen-bond donors (Lipinski definition) is 1. The molecule has 2 aromatic rings. The van der Waals surface area contributed by atoms with Crippen molar-refractivity contribution >= 4 is 32.7 Å². The summed E-state index contributed by atoms with van der Waals surface area (Å²) in [5.74, 6) is 0.701. The fourth-order valence-corrected chi connectivity index (χ4v) is 2.50. The molecule has 2 heterocycles. The minimum Gasteiger partial charge on any atom is -0.472 e. The van der Waals surface area contributed by atoms with E-state index in [-0.39, 0.29) is 12.0 Å². The van der Waals surface area contributed by atoms with Crippen LogP contribution in [0.4, 0.5) is 0 Å². The number of benzene rings is 1. The van der Waals surface area contributed by atoms with Crippen molar-refractivity contribution < 1.29 is 9.53 Å². The number of nitrogens with one attached hydrogen (secondary N) is 1. The monoisotopic (exact) mass is 320 g/mol. The molecule has 0 unspecified atom stereocenters. The first-order valence-corrected chi connectivity index (χ1v) is 7.00. The third kappa shape index (κ3) is 2.87. The van der Waals surface area contributed by atoms with Gasteiger partial charge < -0.3 is 10.1 Å². The highest BCUT2D eigenvalue weighted by Crippen LogP contribution is 2.22. The van der Waals surface area contributed by atoms with Crippen LogP contribution < -0.4 is 10.1 Å². The molecule has 1 amide bonds. The summed E-state index contributed by atoms with van der Waals surface area (Å²) in [7, 11) is 0. The predicted octanol–water partition coefficient (Wildman–Crippen LogP) is 2.65. The molecule has 0 radical (unpaired) electrons. The zero-order chi connectivity index (χ0) is 13.2. The van der Waals surface area contributed by atoms with Crippen LogP contribution >= 0.6 is 15.9 Å². The van der Waals surface area contributed by atoms with Crippen LogP contribution in [-0.4, -0.2) is 23.5 Å². The van der Waals surface area contributed by atoms with Gasteiger partial charge in [0.15, 0.2) is 0 Å². The third-order valence-electron chi connectivity index (χ3n) is 3.13. The Hall–Kier alpha value is -1.62. The van der Waals surface area contributed by atoms with Gasteiger partial charge in [-0.25, -0.2) is 4.98 Å². The van der Waals surface area contributed by atoms with Gasteiger partial charge in [-0.05, 0) is 30.7 Å². The molecule has 1 fully saturated rings. The number of carbonyl (C=O) groups is 1. The molecule has 1 atom stereocenters. The number of pyridine rings is 1. The van der Waals surface area contributed by atoms with Crippen molar-refractivity contribution in [3.8, 4) is 5.88 Å². The smallest absolute Gasteiger partial charge is 0.220 e. The van der Waals surface area contributed by atoms with Crippen LogP contribution in [0.3, 0.4) is 0 Å². The second-order valence-electron chi connectivity index (χ2n) is 4.57. The number of halogens is 1. The fourth-order valence-electron chi connectivity index (χ4n) is 2.12. The average Bonchev–Trinajstić information content (AvgIpc) is 2.42. The number of fused-ring (bicyclic) bond motifs is 1. The summed E-state index contributed by atoms with van der Waals surface area (Å²) >= 11 is 3.44. The minimum absolute atomic E-state index is 0.0121. The second kappa shape index (κ2) is 5.17. The van der Waals surface area contributed by atoms with E-state index in [2.05, 4.69) is 26.2 Å². The molecule has 0 aliphatic carbocycles. The van der Waals surface area contributed by atoms with Crippen LogP contribution in [0.1, 0.15) is 12.8 Å². The Labute approximate surface area is 119 Å². The molecule has 19 heavy (non-hydrogen) atoms. The van der Waals surface area contributed by atoms with E-state index < -0.39 is 0 Å². The number of carbonyl (C=O) groups excluding carboxylic acids is 1. The van der Waals surface area contributed by atoms with Crippen molar-refractivity contribution in [3.63, 3.8) is 0 Å². The summed E-state index contributed by atoms with van der Waals surface area (Å²) in [6, 6.07) is 9.79. The molecule has 1 aliphatic rings. The molecule has 1 N–H and O–H groups in total. The number of rotatable bonds is 2. The van der Waals surface area contributed by atoms with Gasteiger partial charge in [-0.3, -0.25) is 4.79 Å². The molecular formula is C14H13BrN2O2. The van der Waals surface area contributed by atoms with Gasteiger partial charge in [0, 0.05) is 22.3 Å². The highest BCUT2D eigenvalue weighted by atomic mass is 79.9. The van der Waals surface area contributed by atoms with E-state index in [0.717, 1.165) is 21.8 Å². The van der Waals surface area contributed by atoms with E-state index in [1.807, 2.05) is 30.3 Å². The minimum atomic E-state index is 0.0121. The molecule has 4 nitrogen and oxygen atoms in total. The summed E-state index contributed by atoms with van der Waals surface area (Å²) in [6.45, 7) is 0.554. The van der Waals surface area contributed by atoms with Crippen LogP contribution in [0.25, 0.3) is 10.9 Å². The number of amides is 1. The lowest BCUT2D eigenvalue weighted by atomic mass is 10.1. The van der Waals surface area contributed by atoms with Gasteiger partial charge >= 0.3 is 0 Å². The molecule has 1 saturated heterocycles. The second-order valence-corrected chi connectivity index (χ2v) is 5.48. The third-order valence-corrected chi connectivity index (χ3v) is 3.63. The summed E-state index contributed by atoms with van der Waals surface area (Å²) in [5.41, 5.74) is 0.903. The fraction of sp³-hybridized carbons (Fsp3) is 0.286. The zero-order valence-corrected chi connectivity index (χ0v) is 11.8. The maximum absolute atomic E-state index is 11.1. The highest BCUT2D eigenvalue weighted by molar-refractivity contribution is 9.10. The van der Waals surface area contributed by atoms with Gasteiger partial charge in [0.25, 0.3) is 0 Å². The van der Waals surface area contributed by atoms with Crippen LogP contribution in [0, 0.1) is 0 Å². The van der Waals surface area contributed by atoms with E-state index in [1.165, 1.54) is 0 Å². The Morgan fingerprint density at radius 1 is 1.32 bits per heavy atom. The molecular weight excluding hydrogens is 308 g/mol. The number of aromatic nitrogens is 1. The van der Waals surface area contributed by atoms with Crippen molar-refractivity contribution in [2.75, 3.05) is 6.54 Å². The Morgan fingerprint density at radius 3 is 3.00 bits per heavy atom. The molecule has 0 saturated carbocycles. The Kier molecular flexibility index (Phi) is 3.38. The van der Waals surface area contributed by atoms with E-state index in [9.17, 15) is 4.79 Å². The van der Waals surface area contributed by atoms with Gasteiger partial charge in [-0.15, -0.1) is 0 Å². The molecule has 0 spiro atoms. The SMILES string of the molecule is O=C1CC[C@H](Oc2ccc3cc(Br)ccc3n2)CN1. The maximum Gasteiger partial charge on any atom is 0.220 e. The molecule has 0 bridgehead atoms. The molecule has 98 valence electrons. The van der Waals surface area contributed by atoms with Crippen LogP contribution in [0.2, 0.25) is 0 Å². The molecule has 3 rings (SSSR count). The largest absolute Gasteiger partial charge is 0.472 e. The molecule has 1 aromatic heterocycles. The van der Waals surface area contributed by atoms with Crippen molar-refractivity contribution in [1.82, 2.24) is 10.3 Å². The molecule has 1 aliphatic heterocycles.